The molecule has 0 spiro atoms. The summed E-state index contributed by atoms with van der Waals surface area (Å²) in [5.74, 6) is 0. The molecule has 0 aromatic heterocycles. The zero-order chi connectivity index (χ0) is 5.98. The van der Waals surface area contributed by atoms with Gasteiger partial charge in [0.1, 0.15) is 0 Å². The first-order valence-corrected chi connectivity index (χ1v) is 3.42. The first-order valence-electron chi connectivity index (χ1n) is 2.87. The van der Waals surface area contributed by atoms with Gasteiger partial charge in [-0.3, -0.25) is 0 Å². The van der Waals surface area contributed by atoms with Crippen LogP contribution in [0.2, 0.25) is 0 Å². The zero-order valence-electron chi connectivity index (χ0n) is 4.92. The van der Waals surface area contributed by atoms with Crippen molar-refractivity contribution in [3.05, 3.63) is 22.2 Å². The van der Waals surface area contributed by atoms with Gasteiger partial charge in [0.05, 0.1) is 0 Å². The van der Waals surface area contributed by atoms with E-state index >= 15 is 0 Å². The van der Waals surface area contributed by atoms with Crippen molar-refractivity contribution in [2.45, 2.75) is 19.8 Å². The van der Waals surface area contributed by atoms with Crippen molar-refractivity contribution in [2.24, 2.45) is 0 Å². The Bertz CT molecular complexity index is 142. The molecule has 0 aromatic rings. The van der Waals surface area contributed by atoms with Crippen molar-refractivity contribution in [1.29, 1.82) is 0 Å². The van der Waals surface area contributed by atoms with Gasteiger partial charge < -0.3 is 0 Å². The Hall–Kier alpha value is -0.000519. The Kier molecular flexibility index (Phi) is 1.93. The summed E-state index contributed by atoms with van der Waals surface area (Å²) >= 11 is 3.84. The van der Waals surface area contributed by atoms with Crippen LogP contribution in [0, 0.1) is 0 Å². The van der Waals surface area contributed by atoms with Gasteiger partial charge in [0, 0.05) is 0 Å². The normalized spacial score (nSPS) is 18.2. The van der Waals surface area contributed by atoms with Gasteiger partial charge >= 0.3 is 58.0 Å². The van der Waals surface area contributed by atoms with E-state index < -0.39 is 0 Å². The Morgan fingerprint density at radius 2 is 2.50 bits per heavy atom. The molecule has 1 rings (SSSR count). The topological polar surface area (TPSA) is 0 Å². The molecule has 45 valence electrons. The van der Waals surface area contributed by atoms with Crippen LogP contribution in [0.25, 0.3) is 0 Å². The molecule has 0 N–H and O–H groups in total. The molecular formula is C7H9Fe. The summed E-state index contributed by atoms with van der Waals surface area (Å²) in [7, 11) is 0. The molecule has 0 saturated carbocycles. The molecule has 0 bridgehead atoms. The van der Waals surface area contributed by atoms with Crippen LogP contribution in [0.3, 0.4) is 0 Å². The van der Waals surface area contributed by atoms with Crippen LogP contribution in [0.15, 0.2) is 22.2 Å². The van der Waals surface area contributed by atoms with Gasteiger partial charge in [-0.1, -0.05) is 0 Å². The number of allylic oxidation sites excluding steroid dienone is 4. The standard InChI is InChI=1S/C7H9.Fe/c1-2-7-5-3-4-6-7;/h5-6H,2-3H2,1H3;. The van der Waals surface area contributed by atoms with Crippen LogP contribution in [-0.4, -0.2) is 0 Å². The van der Waals surface area contributed by atoms with Gasteiger partial charge in [-0.15, -0.1) is 0 Å². The van der Waals surface area contributed by atoms with E-state index in [2.05, 4.69) is 35.1 Å². The van der Waals surface area contributed by atoms with Crippen molar-refractivity contribution in [3.63, 3.8) is 0 Å². The van der Waals surface area contributed by atoms with Crippen LogP contribution in [0.4, 0.5) is 0 Å². The zero-order valence-corrected chi connectivity index (χ0v) is 6.03. The molecular weight excluding hydrogens is 140 g/mol. The fraction of sp³-hybridized carbons (Fsp3) is 0.429. The SMILES string of the molecule is CCC1=CC[C]([Fe])=C1. The minimum absolute atomic E-state index is 1.07. The van der Waals surface area contributed by atoms with Crippen LogP contribution in [0.1, 0.15) is 19.8 Å². The molecule has 0 radical (unpaired) electrons. The Morgan fingerprint density at radius 1 is 1.75 bits per heavy atom. The molecule has 1 aliphatic rings. The van der Waals surface area contributed by atoms with Crippen LogP contribution >= 0.6 is 0 Å². The second kappa shape index (κ2) is 2.52. The quantitative estimate of drug-likeness (QED) is 0.501. The van der Waals surface area contributed by atoms with Crippen molar-refractivity contribution in [1.82, 2.24) is 0 Å². The molecule has 0 unspecified atom stereocenters. The van der Waals surface area contributed by atoms with Crippen molar-refractivity contribution >= 4 is 0 Å². The average molecular weight is 149 g/mol. The molecule has 0 nitrogen and oxygen atoms in total. The fourth-order valence-electron chi connectivity index (χ4n) is 0.787. The van der Waals surface area contributed by atoms with Crippen LogP contribution in [0.5, 0.6) is 0 Å². The minimum atomic E-state index is 1.07. The molecule has 0 amide bonds. The van der Waals surface area contributed by atoms with Gasteiger partial charge in [0.25, 0.3) is 0 Å². The Labute approximate surface area is 58.5 Å². The molecule has 1 heteroatoms. The molecule has 0 aliphatic heterocycles. The Morgan fingerprint density at radius 3 is 2.75 bits per heavy atom. The molecule has 8 heavy (non-hydrogen) atoms. The van der Waals surface area contributed by atoms with Crippen molar-refractivity contribution in [2.75, 3.05) is 0 Å². The van der Waals surface area contributed by atoms with E-state index in [1.54, 1.807) is 0 Å². The van der Waals surface area contributed by atoms with Gasteiger partial charge in [0.15, 0.2) is 0 Å². The van der Waals surface area contributed by atoms with E-state index in [1.165, 1.54) is 10.0 Å². The predicted octanol–water partition coefficient (Wildman–Crippen LogP) is 2.16. The third-order valence-corrected chi connectivity index (χ3v) is 1.69. The maximum absolute atomic E-state index is 3.84. The first-order chi connectivity index (χ1) is 3.83. The molecule has 0 fully saturated rings. The molecule has 0 atom stereocenters. The summed E-state index contributed by atoms with van der Waals surface area (Å²) in [6.45, 7) is 2.17. The third-order valence-electron chi connectivity index (χ3n) is 1.30. The summed E-state index contributed by atoms with van der Waals surface area (Å²) in [4.78, 5) is 0. The van der Waals surface area contributed by atoms with Crippen molar-refractivity contribution < 1.29 is 16.0 Å². The summed E-state index contributed by atoms with van der Waals surface area (Å²) in [5.41, 5.74) is 1.44. The van der Waals surface area contributed by atoms with E-state index in [1.807, 2.05) is 0 Å². The number of hydrogen-bond acceptors (Lipinski definition) is 0. The maximum atomic E-state index is 3.84. The number of rotatable bonds is 1. The second-order valence-corrected chi connectivity index (χ2v) is 2.62. The van der Waals surface area contributed by atoms with Crippen LogP contribution < -0.4 is 0 Å². The van der Waals surface area contributed by atoms with E-state index in [-0.39, 0.29) is 0 Å². The first kappa shape index (κ1) is 6.12. The van der Waals surface area contributed by atoms with E-state index in [0.717, 1.165) is 12.8 Å². The van der Waals surface area contributed by atoms with Gasteiger partial charge in [-0.05, 0) is 0 Å². The summed E-state index contributed by atoms with van der Waals surface area (Å²) in [6.07, 6.45) is 6.63. The molecule has 0 saturated heterocycles. The molecule has 0 heterocycles. The predicted molar refractivity (Wildman–Crippen MR) is 31.1 cm³/mol. The molecule has 1 aliphatic carbocycles. The second-order valence-electron chi connectivity index (χ2n) is 1.91. The fourth-order valence-corrected chi connectivity index (χ4v) is 1.10. The van der Waals surface area contributed by atoms with E-state index in [4.69, 9.17) is 0 Å². The van der Waals surface area contributed by atoms with Gasteiger partial charge in [0.2, 0.25) is 0 Å². The summed E-state index contributed by atoms with van der Waals surface area (Å²) in [6, 6.07) is 0. The van der Waals surface area contributed by atoms with Crippen LogP contribution in [-0.2, 0) is 16.0 Å². The average Bonchev–Trinajstić information content (AvgIpc) is 2.14. The van der Waals surface area contributed by atoms with Gasteiger partial charge in [-0.25, -0.2) is 0 Å². The number of hydrogen-bond donors (Lipinski definition) is 0. The summed E-state index contributed by atoms with van der Waals surface area (Å²) < 4.78 is 1.25. The Balaban J connectivity index is 2.58. The summed E-state index contributed by atoms with van der Waals surface area (Å²) in [5, 5.41) is 0. The monoisotopic (exact) mass is 149 g/mol. The van der Waals surface area contributed by atoms with E-state index in [9.17, 15) is 0 Å². The van der Waals surface area contributed by atoms with Crippen molar-refractivity contribution in [3.8, 4) is 0 Å². The third kappa shape index (κ3) is 1.24. The van der Waals surface area contributed by atoms with Gasteiger partial charge in [-0.2, -0.15) is 0 Å². The molecule has 0 aromatic carbocycles. The van der Waals surface area contributed by atoms with E-state index in [0.29, 0.717) is 0 Å².